The van der Waals surface area contributed by atoms with E-state index in [2.05, 4.69) is 78.9 Å². The van der Waals surface area contributed by atoms with Gasteiger partial charge in [0.15, 0.2) is 0 Å². The van der Waals surface area contributed by atoms with Crippen molar-refractivity contribution in [3.8, 4) is 0 Å². The first-order valence-corrected chi connectivity index (χ1v) is 8.89. The van der Waals surface area contributed by atoms with E-state index >= 15 is 0 Å². The molecule has 2 aromatic heterocycles. The zero-order chi connectivity index (χ0) is 16.4. The van der Waals surface area contributed by atoms with Crippen molar-refractivity contribution in [2.75, 3.05) is 29.9 Å². The van der Waals surface area contributed by atoms with Crippen molar-refractivity contribution in [3.05, 3.63) is 45.9 Å². The van der Waals surface area contributed by atoms with Gasteiger partial charge >= 0.3 is 0 Å². The molecule has 0 bridgehead atoms. The Labute approximate surface area is 149 Å². The number of halogens is 2. The van der Waals surface area contributed by atoms with Crippen molar-refractivity contribution in [3.63, 3.8) is 0 Å². The molecule has 2 aromatic rings. The molecule has 0 aromatic carbocycles. The van der Waals surface area contributed by atoms with Crippen LogP contribution in [-0.2, 0) is 0 Å². The molecule has 0 fully saturated rings. The molecule has 0 aliphatic carbocycles. The number of pyridine rings is 2. The first kappa shape index (κ1) is 18.9. The standard InChI is InChI=1S/C9H13BrN2.C7H9BrN2/c1-3-12(4-2)9-5-8(10)6-11-7-9;1-2-10-7-3-6(8)4-9-5-7/h5-7H,3-4H2,1-2H3;3-5,10H,2H2,1H3. The molecule has 0 unspecified atom stereocenters. The molecule has 120 valence electrons. The first-order valence-electron chi connectivity index (χ1n) is 7.30. The predicted molar refractivity (Wildman–Crippen MR) is 102 cm³/mol. The molecule has 2 rings (SSSR count). The molecule has 0 saturated heterocycles. The van der Waals surface area contributed by atoms with Crippen LogP contribution in [0.15, 0.2) is 45.9 Å². The highest BCUT2D eigenvalue weighted by atomic mass is 79.9. The van der Waals surface area contributed by atoms with Crippen LogP contribution in [0, 0.1) is 0 Å². The lowest BCUT2D eigenvalue weighted by molar-refractivity contribution is 0.862. The van der Waals surface area contributed by atoms with Crippen molar-refractivity contribution in [2.45, 2.75) is 20.8 Å². The van der Waals surface area contributed by atoms with E-state index in [1.165, 1.54) is 5.69 Å². The third-order valence-electron chi connectivity index (χ3n) is 2.90. The minimum absolute atomic E-state index is 0.929. The average molecular weight is 430 g/mol. The van der Waals surface area contributed by atoms with Crippen molar-refractivity contribution in [2.24, 2.45) is 0 Å². The fourth-order valence-electron chi connectivity index (χ4n) is 1.88. The smallest absolute Gasteiger partial charge is 0.0563 e. The zero-order valence-corrected chi connectivity index (χ0v) is 16.4. The van der Waals surface area contributed by atoms with Crippen LogP contribution in [0.3, 0.4) is 0 Å². The second-order valence-electron chi connectivity index (χ2n) is 4.46. The fraction of sp³-hybridized carbons (Fsp3) is 0.375. The SMILES string of the molecule is CCN(CC)c1cncc(Br)c1.CCNc1cncc(Br)c1. The number of hydrogen-bond donors (Lipinski definition) is 1. The van der Waals surface area contributed by atoms with Gasteiger partial charge in [-0.2, -0.15) is 0 Å². The number of nitrogens with one attached hydrogen (secondary N) is 1. The molecule has 2 heterocycles. The maximum absolute atomic E-state index is 4.11. The molecule has 22 heavy (non-hydrogen) atoms. The Morgan fingerprint density at radius 2 is 1.50 bits per heavy atom. The lowest BCUT2D eigenvalue weighted by Gasteiger charge is -2.20. The summed E-state index contributed by atoms with van der Waals surface area (Å²) >= 11 is 6.73. The van der Waals surface area contributed by atoms with E-state index in [-0.39, 0.29) is 0 Å². The summed E-state index contributed by atoms with van der Waals surface area (Å²) in [6.45, 7) is 9.32. The van der Waals surface area contributed by atoms with Crippen molar-refractivity contribution < 1.29 is 0 Å². The van der Waals surface area contributed by atoms with Gasteiger partial charge in [-0.05, 0) is 64.8 Å². The average Bonchev–Trinajstić information content (AvgIpc) is 2.50. The second kappa shape index (κ2) is 10.6. The Balaban J connectivity index is 0.000000224. The Kier molecular flexibility index (Phi) is 9.08. The summed E-state index contributed by atoms with van der Waals surface area (Å²) in [5.41, 5.74) is 2.23. The largest absolute Gasteiger partial charge is 0.384 e. The lowest BCUT2D eigenvalue weighted by Crippen LogP contribution is -2.21. The minimum atomic E-state index is 0.929. The summed E-state index contributed by atoms with van der Waals surface area (Å²) in [4.78, 5) is 10.4. The molecule has 6 heteroatoms. The van der Waals surface area contributed by atoms with Gasteiger partial charge in [0.05, 0.1) is 23.8 Å². The Bertz CT molecular complexity index is 559. The summed E-state index contributed by atoms with van der Waals surface area (Å²) in [6, 6.07) is 4.08. The van der Waals surface area contributed by atoms with Crippen molar-refractivity contribution >= 4 is 43.2 Å². The Morgan fingerprint density at radius 1 is 0.909 bits per heavy atom. The monoisotopic (exact) mass is 428 g/mol. The van der Waals surface area contributed by atoms with Gasteiger partial charge in [0.1, 0.15) is 0 Å². The van der Waals surface area contributed by atoms with Crippen LogP contribution in [0.5, 0.6) is 0 Å². The molecule has 1 N–H and O–H groups in total. The molecule has 0 aliphatic heterocycles. The molecular formula is C16H22Br2N4. The van der Waals surface area contributed by atoms with E-state index in [9.17, 15) is 0 Å². The lowest BCUT2D eigenvalue weighted by atomic mass is 10.3. The van der Waals surface area contributed by atoms with Gasteiger partial charge in [-0.15, -0.1) is 0 Å². The number of rotatable bonds is 5. The quantitative estimate of drug-likeness (QED) is 0.728. The number of anilines is 2. The van der Waals surface area contributed by atoms with Gasteiger partial charge in [0.25, 0.3) is 0 Å². The third kappa shape index (κ3) is 6.75. The first-order chi connectivity index (χ1) is 10.6. The molecule has 0 saturated carbocycles. The van der Waals surface area contributed by atoms with Crippen molar-refractivity contribution in [1.82, 2.24) is 9.97 Å². The van der Waals surface area contributed by atoms with E-state index < -0.39 is 0 Å². The Hall–Kier alpha value is -1.14. The number of aromatic nitrogens is 2. The molecule has 0 spiro atoms. The van der Waals surface area contributed by atoms with Gasteiger partial charge in [-0.25, -0.2) is 0 Å². The summed E-state index contributed by atoms with van der Waals surface area (Å²) in [6.07, 6.45) is 7.25. The summed E-state index contributed by atoms with van der Waals surface area (Å²) < 4.78 is 2.04. The van der Waals surface area contributed by atoms with Gasteiger partial charge in [0.2, 0.25) is 0 Å². The summed E-state index contributed by atoms with van der Waals surface area (Å²) in [5, 5.41) is 3.16. The van der Waals surface area contributed by atoms with Crippen molar-refractivity contribution in [1.29, 1.82) is 0 Å². The minimum Gasteiger partial charge on any atom is -0.384 e. The van der Waals surface area contributed by atoms with Crippen LogP contribution in [0.25, 0.3) is 0 Å². The van der Waals surface area contributed by atoms with Gasteiger partial charge in [-0.3, -0.25) is 9.97 Å². The predicted octanol–water partition coefficient (Wildman–Crippen LogP) is 4.97. The zero-order valence-electron chi connectivity index (χ0n) is 13.2. The van der Waals surface area contributed by atoms with E-state index in [0.29, 0.717) is 0 Å². The maximum atomic E-state index is 4.11. The molecule has 0 radical (unpaired) electrons. The maximum Gasteiger partial charge on any atom is 0.0563 e. The normalized spacial score (nSPS) is 9.68. The molecular weight excluding hydrogens is 408 g/mol. The fourth-order valence-corrected chi connectivity index (χ4v) is 2.59. The van der Waals surface area contributed by atoms with E-state index in [0.717, 1.165) is 34.3 Å². The van der Waals surface area contributed by atoms with Crippen LogP contribution >= 0.6 is 31.9 Å². The third-order valence-corrected chi connectivity index (χ3v) is 3.77. The van der Waals surface area contributed by atoms with Gasteiger partial charge in [-0.1, -0.05) is 0 Å². The van der Waals surface area contributed by atoms with Crippen LogP contribution < -0.4 is 10.2 Å². The summed E-state index contributed by atoms with van der Waals surface area (Å²) in [5.74, 6) is 0. The summed E-state index contributed by atoms with van der Waals surface area (Å²) in [7, 11) is 0. The van der Waals surface area contributed by atoms with E-state index in [1.54, 1.807) is 18.6 Å². The Morgan fingerprint density at radius 3 is 2.00 bits per heavy atom. The molecule has 4 nitrogen and oxygen atoms in total. The van der Waals surface area contributed by atoms with Crippen LogP contribution in [0.2, 0.25) is 0 Å². The number of nitrogens with zero attached hydrogens (tertiary/aromatic N) is 3. The molecule has 0 atom stereocenters. The molecule has 0 aliphatic rings. The second-order valence-corrected chi connectivity index (χ2v) is 6.29. The van der Waals surface area contributed by atoms with Crippen LogP contribution in [-0.4, -0.2) is 29.6 Å². The number of hydrogen-bond acceptors (Lipinski definition) is 4. The topological polar surface area (TPSA) is 41.1 Å². The van der Waals surface area contributed by atoms with Crippen LogP contribution in [0.1, 0.15) is 20.8 Å². The highest BCUT2D eigenvalue weighted by Crippen LogP contribution is 2.17. The van der Waals surface area contributed by atoms with E-state index in [1.807, 2.05) is 12.3 Å². The van der Waals surface area contributed by atoms with E-state index in [4.69, 9.17) is 0 Å². The van der Waals surface area contributed by atoms with Gasteiger partial charge < -0.3 is 10.2 Å². The molecule has 0 amide bonds. The highest BCUT2D eigenvalue weighted by Gasteiger charge is 2.01. The van der Waals surface area contributed by atoms with Gasteiger partial charge in [0, 0.05) is 41.0 Å². The van der Waals surface area contributed by atoms with Crippen LogP contribution in [0.4, 0.5) is 11.4 Å². The highest BCUT2D eigenvalue weighted by molar-refractivity contribution is 9.10.